The van der Waals surface area contributed by atoms with Crippen LogP contribution in [0, 0.1) is 0 Å². The highest BCUT2D eigenvalue weighted by Gasteiger charge is 2.23. The Morgan fingerprint density at radius 2 is 2.25 bits per heavy atom. The topological polar surface area (TPSA) is 42.0 Å². The molecule has 0 saturated heterocycles. The summed E-state index contributed by atoms with van der Waals surface area (Å²) in [4.78, 5) is 15.9. The molecule has 0 spiro atoms. The van der Waals surface area contributed by atoms with Gasteiger partial charge in [0.15, 0.2) is 5.38 Å². The first kappa shape index (κ1) is 11.9. The van der Waals surface area contributed by atoms with Crippen LogP contribution in [0.2, 0.25) is 0 Å². The van der Waals surface area contributed by atoms with E-state index in [0.29, 0.717) is 11.7 Å². The lowest BCUT2D eigenvalue weighted by Crippen LogP contribution is -2.38. The van der Waals surface area contributed by atoms with Crippen LogP contribution in [0.25, 0.3) is 0 Å². The zero-order valence-corrected chi connectivity index (χ0v) is 10.6. The molecule has 1 atom stereocenters. The van der Waals surface area contributed by atoms with Crippen LogP contribution in [0.3, 0.4) is 0 Å². The van der Waals surface area contributed by atoms with Gasteiger partial charge in [-0.3, -0.25) is 4.79 Å². The summed E-state index contributed by atoms with van der Waals surface area (Å²) >= 11 is 7.51. The van der Waals surface area contributed by atoms with Gasteiger partial charge in [0, 0.05) is 11.4 Å². The first-order valence-corrected chi connectivity index (χ1v) is 6.98. The van der Waals surface area contributed by atoms with Gasteiger partial charge in [-0.15, -0.1) is 22.9 Å². The van der Waals surface area contributed by atoms with Crippen molar-refractivity contribution in [2.45, 2.75) is 43.5 Å². The highest BCUT2D eigenvalue weighted by molar-refractivity contribution is 7.07. The molecule has 1 N–H and O–H groups in total. The van der Waals surface area contributed by atoms with Crippen LogP contribution in [0.15, 0.2) is 10.9 Å². The number of aromatic nitrogens is 1. The first-order chi connectivity index (χ1) is 7.77. The summed E-state index contributed by atoms with van der Waals surface area (Å²) in [6.07, 6.45) is 5.84. The predicted molar refractivity (Wildman–Crippen MR) is 65.7 cm³/mol. The van der Waals surface area contributed by atoms with E-state index in [1.54, 1.807) is 5.51 Å². The SMILES string of the molecule is O=C(NC1CCCCC1)C(Cl)c1cscn1. The third-order valence-corrected chi connectivity index (χ3v) is 3.92. The lowest BCUT2D eigenvalue weighted by atomic mass is 9.95. The number of halogens is 1. The summed E-state index contributed by atoms with van der Waals surface area (Å²) in [7, 11) is 0. The Morgan fingerprint density at radius 1 is 1.50 bits per heavy atom. The summed E-state index contributed by atoms with van der Waals surface area (Å²) < 4.78 is 0. The smallest absolute Gasteiger partial charge is 0.244 e. The van der Waals surface area contributed by atoms with Gasteiger partial charge in [-0.1, -0.05) is 19.3 Å². The molecule has 1 amide bonds. The lowest BCUT2D eigenvalue weighted by Gasteiger charge is -2.23. The average molecular weight is 259 g/mol. The summed E-state index contributed by atoms with van der Waals surface area (Å²) in [5.74, 6) is -0.112. The summed E-state index contributed by atoms with van der Waals surface area (Å²) in [5.41, 5.74) is 2.35. The van der Waals surface area contributed by atoms with Crippen LogP contribution in [0.5, 0.6) is 0 Å². The van der Waals surface area contributed by atoms with E-state index in [4.69, 9.17) is 11.6 Å². The minimum atomic E-state index is -0.645. The summed E-state index contributed by atoms with van der Waals surface area (Å²) in [6.45, 7) is 0. The van der Waals surface area contributed by atoms with Gasteiger partial charge in [0.25, 0.3) is 0 Å². The number of nitrogens with one attached hydrogen (secondary N) is 1. The number of thiazole rings is 1. The lowest BCUT2D eigenvalue weighted by molar-refractivity contribution is -0.121. The second kappa shape index (κ2) is 5.64. The predicted octanol–water partition coefficient (Wildman–Crippen LogP) is 2.87. The van der Waals surface area contributed by atoms with Gasteiger partial charge < -0.3 is 5.32 Å². The van der Waals surface area contributed by atoms with E-state index < -0.39 is 5.38 Å². The maximum absolute atomic E-state index is 11.8. The van der Waals surface area contributed by atoms with Crippen LogP contribution in [0.4, 0.5) is 0 Å². The van der Waals surface area contributed by atoms with E-state index in [-0.39, 0.29) is 5.91 Å². The molecule has 0 radical (unpaired) electrons. The second-order valence-corrected chi connectivity index (χ2v) is 5.27. The third kappa shape index (κ3) is 2.95. The molecule has 88 valence electrons. The summed E-state index contributed by atoms with van der Waals surface area (Å²) in [5, 5.41) is 4.17. The molecular weight excluding hydrogens is 244 g/mol. The average Bonchev–Trinajstić information content (AvgIpc) is 2.83. The number of carbonyl (C=O) groups is 1. The van der Waals surface area contributed by atoms with Gasteiger partial charge >= 0.3 is 0 Å². The normalized spacial score (nSPS) is 19.3. The number of hydrogen-bond donors (Lipinski definition) is 1. The molecule has 1 heterocycles. The number of hydrogen-bond acceptors (Lipinski definition) is 3. The van der Waals surface area contributed by atoms with E-state index in [1.807, 2.05) is 5.38 Å². The molecule has 1 fully saturated rings. The molecule has 1 aliphatic rings. The van der Waals surface area contributed by atoms with Crippen molar-refractivity contribution in [3.63, 3.8) is 0 Å². The maximum Gasteiger partial charge on any atom is 0.244 e. The summed E-state index contributed by atoms with van der Waals surface area (Å²) in [6, 6.07) is 0.307. The quantitative estimate of drug-likeness (QED) is 0.847. The Labute approximate surface area is 104 Å². The molecule has 1 aliphatic carbocycles. The number of rotatable bonds is 3. The van der Waals surface area contributed by atoms with E-state index in [2.05, 4.69) is 10.3 Å². The zero-order valence-electron chi connectivity index (χ0n) is 8.99. The fraction of sp³-hybridized carbons (Fsp3) is 0.636. The largest absolute Gasteiger partial charge is 0.352 e. The van der Waals surface area contributed by atoms with Gasteiger partial charge in [-0.25, -0.2) is 4.98 Å². The Kier molecular flexibility index (Phi) is 4.18. The van der Waals surface area contributed by atoms with Crippen molar-refractivity contribution in [1.82, 2.24) is 10.3 Å². The first-order valence-electron chi connectivity index (χ1n) is 5.60. The van der Waals surface area contributed by atoms with Crippen molar-refractivity contribution >= 4 is 28.8 Å². The van der Waals surface area contributed by atoms with Crippen molar-refractivity contribution in [1.29, 1.82) is 0 Å². The van der Waals surface area contributed by atoms with Crippen molar-refractivity contribution in [2.24, 2.45) is 0 Å². The number of amides is 1. The molecule has 1 aromatic rings. The van der Waals surface area contributed by atoms with Gasteiger partial charge in [0.1, 0.15) is 0 Å². The number of alkyl halides is 1. The molecule has 1 saturated carbocycles. The van der Waals surface area contributed by atoms with Gasteiger partial charge in [0.05, 0.1) is 11.2 Å². The van der Waals surface area contributed by atoms with E-state index in [1.165, 1.54) is 30.6 Å². The Hall–Kier alpha value is -0.610. The zero-order chi connectivity index (χ0) is 11.4. The maximum atomic E-state index is 11.8. The van der Waals surface area contributed by atoms with E-state index >= 15 is 0 Å². The number of nitrogens with zero attached hydrogens (tertiary/aromatic N) is 1. The fourth-order valence-electron chi connectivity index (χ4n) is 2.00. The molecule has 0 aliphatic heterocycles. The van der Waals surface area contributed by atoms with Crippen molar-refractivity contribution < 1.29 is 4.79 Å². The Bertz CT molecular complexity index is 336. The van der Waals surface area contributed by atoms with Crippen LogP contribution >= 0.6 is 22.9 Å². The Morgan fingerprint density at radius 3 is 2.88 bits per heavy atom. The third-order valence-electron chi connectivity index (χ3n) is 2.89. The van der Waals surface area contributed by atoms with Gasteiger partial charge in [-0.05, 0) is 12.8 Å². The van der Waals surface area contributed by atoms with E-state index in [9.17, 15) is 4.79 Å². The molecule has 1 aromatic heterocycles. The highest BCUT2D eigenvalue weighted by atomic mass is 35.5. The van der Waals surface area contributed by atoms with Crippen LogP contribution in [-0.4, -0.2) is 16.9 Å². The molecule has 1 unspecified atom stereocenters. The molecule has 0 bridgehead atoms. The number of carbonyl (C=O) groups excluding carboxylic acids is 1. The van der Waals surface area contributed by atoms with Gasteiger partial charge in [-0.2, -0.15) is 0 Å². The molecule has 16 heavy (non-hydrogen) atoms. The van der Waals surface area contributed by atoms with E-state index in [0.717, 1.165) is 12.8 Å². The van der Waals surface area contributed by atoms with Crippen molar-refractivity contribution in [3.05, 3.63) is 16.6 Å². The van der Waals surface area contributed by atoms with Crippen LogP contribution in [-0.2, 0) is 4.79 Å². The standard InChI is InChI=1S/C11H15ClN2OS/c12-10(9-6-16-7-13-9)11(15)14-8-4-2-1-3-5-8/h6-8,10H,1-5H2,(H,14,15). The van der Waals surface area contributed by atoms with Crippen LogP contribution in [0.1, 0.15) is 43.2 Å². The molecule has 5 heteroatoms. The van der Waals surface area contributed by atoms with Crippen molar-refractivity contribution in [3.8, 4) is 0 Å². The minimum Gasteiger partial charge on any atom is -0.352 e. The monoisotopic (exact) mass is 258 g/mol. The molecule has 3 nitrogen and oxygen atoms in total. The molecule has 0 aromatic carbocycles. The molecule has 2 rings (SSSR count). The van der Waals surface area contributed by atoms with Gasteiger partial charge in [0.2, 0.25) is 5.91 Å². The molecular formula is C11H15ClN2OS. The fourth-order valence-corrected chi connectivity index (χ4v) is 2.84. The minimum absolute atomic E-state index is 0.112. The second-order valence-electron chi connectivity index (χ2n) is 4.12. The van der Waals surface area contributed by atoms with Crippen LogP contribution < -0.4 is 5.32 Å². The Balaban J connectivity index is 1.87. The van der Waals surface area contributed by atoms with Crippen molar-refractivity contribution in [2.75, 3.05) is 0 Å². The highest BCUT2D eigenvalue weighted by Crippen LogP contribution is 2.22.